The molecule has 14 heavy (non-hydrogen) atoms. The van der Waals surface area contributed by atoms with Crippen molar-refractivity contribution in [3.8, 4) is 0 Å². The maximum absolute atomic E-state index is 11.0. The van der Waals surface area contributed by atoms with E-state index in [0.29, 0.717) is 0 Å². The van der Waals surface area contributed by atoms with E-state index in [9.17, 15) is 14.4 Å². The second-order valence-corrected chi connectivity index (χ2v) is 3.08. The van der Waals surface area contributed by atoms with Crippen molar-refractivity contribution in [2.24, 2.45) is 0 Å². The minimum Gasteiger partial charge on any atom is -0.479 e. The van der Waals surface area contributed by atoms with Crippen molar-refractivity contribution in [1.82, 2.24) is 4.90 Å². The van der Waals surface area contributed by atoms with E-state index in [-0.39, 0.29) is 37.6 Å². The zero-order valence-corrected chi connectivity index (χ0v) is 7.47. The highest BCUT2D eigenvalue weighted by Crippen LogP contribution is 2.12. The van der Waals surface area contributed by atoms with Gasteiger partial charge >= 0.3 is 5.97 Å². The fraction of sp³-hybridized carbons (Fsp3) is 0.625. The number of nitrogens with zero attached hydrogens (tertiary/aromatic N) is 1. The van der Waals surface area contributed by atoms with E-state index in [2.05, 4.69) is 0 Å². The van der Waals surface area contributed by atoms with Crippen LogP contribution in [0.25, 0.3) is 0 Å². The molecule has 0 saturated carbocycles. The van der Waals surface area contributed by atoms with Crippen LogP contribution in [-0.4, -0.2) is 45.5 Å². The van der Waals surface area contributed by atoms with Crippen LogP contribution in [0.15, 0.2) is 0 Å². The number of hydrogen-bond donors (Lipinski definition) is 2. The minimum atomic E-state index is -1.52. The van der Waals surface area contributed by atoms with Crippen molar-refractivity contribution in [2.75, 3.05) is 6.54 Å². The molecule has 0 radical (unpaired) electrons. The third-order valence-corrected chi connectivity index (χ3v) is 2.07. The number of carboxylic acid groups (broad SMARTS) is 1. The van der Waals surface area contributed by atoms with Gasteiger partial charge in [-0.3, -0.25) is 14.5 Å². The molecule has 2 amide bonds. The molecule has 1 saturated heterocycles. The highest BCUT2D eigenvalue weighted by atomic mass is 16.4. The van der Waals surface area contributed by atoms with Gasteiger partial charge in [0.1, 0.15) is 0 Å². The summed E-state index contributed by atoms with van der Waals surface area (Å²) in [6.07, 6.45) is -1.27. The number of hydrogen-bond acceptors (Lipinski definition) is 4. The lowest BCUT2D eigenvalue weighted by Crippen LogP contribution is -2.33. The Morgan fingerprint density at radius 3 is 2.29 bits per heavy atom. The number of aliphatic carboxylic acids is 1. The van der Waals surface area contributed by atoms with Gasteiger partial charge in [-0.1, -0.05) is 0 Å². The van der Waals surface area contributed by atoms with Gasteiger partial charge in [-0.2, -0.15) is 0 Å². The van der Waals surface area contributed by atoms with Crippen LogP contribution in [0.4, 0.5) is 0 Å². The number of amides is 2. The Kier molecular flexibility index (Phi) is 3.19. The van der Waals surface area contributed by atoms with Crippen molar-refractivity contribution in [3.63, 3.8) is 0 Å². The van der Waals surface area contributed by atoms with Gasteiger partial charge in [0.05, 0.1) is 0 Å². The van der Waals surface area contributed by atoms with Crippen molar-refractivity contribution in [1.29, 1.82) is 0 Å². The molecule has 1 fully saturated rings. The second kappa shape index (κ2) is 4.19. The Hall–Kier alpha value is -1.43. The first-order chi connectivity index (χ1) is 6.52. The van der Waals surface area contributed by atoms with Gasteiger partial charge in [-0.15, -0.1) is 0 Å². The molecular weight excluding hydrogens is 190 g/mol. The van der Waals surface area contributed by atoms with E-state index in [1.54, 1.807) is 0 Å². The molecule has 0 bridgehead atoms. The van der Waals surface area contributed by atoms with E-state index >= 15 is 0 Å². The van der Waals surface area contributed by atoms with E-state index in [1.807, 2.05) is 0 Å². The van der Waals surface area contributed by atoms with Crippen LogP contribution >= 0.6 is 0 Å². The molecule has 1 rings (SSSR count). The Labute approximate surface area is 80.1 Å². The van der Waals surface area contributed by atoms with E-state index in [4.69, 9.17) is 10.2 Å². The number of carbonyl (C=O) groups is 3. The summed E-state index contributed by atoms with van der Waals surface area (Å²) in [7, 11) is 0. The molecule has 0 spiro atoms. The minimum absolute atomic E-state index is 0.0227. The number of carboxylic acids is 1. The summed E-state index contributed by atoms with van der Waals surface area (Å²) in [5, 5.41) is 17.3. The molecule has 6 heteroatoms. The van der Waals surface area contributed by atoms with Gasteiger partial charge in [-0.25, -0.2) is 4.79 Å². The molecule has 78 valence electrons. The van der Waals surface area contributed by atoms with Gasteiger partial charge < -0.3 is 10.2 Å². The maximum Gasteiger partial charge on any atom is 0.332 e. The molecule has 2 N–H and O–H groups in total. The molecule has 1 heterocycles. The predicted molar refractivity (Wildman–Crippen MR) is 44.2 cm³/mol. The van der Waals surface area contributed by atoms with Crippen LogP contribution in [0, 0.1) is 0 Å². The first-order valence-corrected chi connectivity index (χ1v) is 4.26. The molecule has 6 nitrogen and oxygen atoms in total. The summed E-state index contributed by atoms with van der Waals surface area (Å²) < 4.78 is 0. The molecule has 0 aliphatic carbocycles. The van der Waals surface area contributed by atoms with Crippen LogP contribution in [0.2, 0.25) is 0 Å². The third-order valence-electron chi connectivity index (χ3n) is 2.07. The predicted octanol–water partition coefficient (Wildman–Crippen LogP) is -1.03. The molecule has 0 aromatic rings. The van der Waals surface area contributed by atoms with Crippen molar-refractivity contribution in [3.05, 3.63) is 0 Å². The summed E-state index contributed by atoms with van der Waals surface area (Å²) >= 11 is 0. The highest BCUT2D eigenvalue weighted by molar-refractivity contribution is 6.01. The molecule has 1 unspecified atom stereocenters. The van der Waals surface area contributed by atoms with E-state index in [0.717, 1.165) is 4.90 Å². The zero-order chi connectivity index (χ0) is 10.7. The molecular formula is C8H11NO5. The smallest absolute Gasteiger partial charge is 0.332 e. The standard InChI is InChI=1S/C8H11NO5/c10-5(8(13)14)3-4-9-6(11)1-2-7(9)12/h5,10H,1-4H2,(H,13,14). The third kappa shape index (κ3) is 2.29. The number of carbonyl (C=O) groups excluding carboxylic acids is 2. The van der Waals surface area contributed by atoms with Crippen LogP contribution in [0.3, 0.4) is 0 Å². The maximum atomic E-state index is 11.0. The number of aliphatic hydroxyl groups is 1. The summed E-state index contributed by atoms with van der Waals surface area (Å²) in [4.78, 5) is 33.3. The van der Waals surface area contributed by atoms with E-state index < -0.39 is 12.1 Å². The molecule has 0 aromatic heterocycles. The van der Waals surface area contributed by atoms with Crippen LogP contribution in [-0.2, 0) is 14.4 Å². The first-order valence-electron chi connectivity index (χ1n) is 4.26. The second-order valence-electron chi connectivity index (χ2n) is 3.08. The van der Waals surface area contributed by atoms with Crippen LogP contribution < -0.4 is 0 Å². The molecule has 1 aliphatic heterocycles. The Morgan fingerprint density at radius 1 is 1.36 bits per heavy atom. The fourth-order valence-corrected chi connectivity index (χ4v) is 1.25. The highest BCUT2D eigenvalue weighted by Gasteiger charge is 2.29. The molecule has 1 aliphatic rings. The quantitative estimate of drug-likeness (QED) is 0.567. The average Bonchev–Trinajstić information content (AvgIpc) is 2.43. The van der Waals surface area contributed by atoms with Crippen LogP contribution in [0.1, 0.15) is 19.3 Å². The number of likely N-dealkylation sites (tertiary alicyclic amines) is 1. The first kappa shape index (κ1) is 10.6. The summed E-state index contributed by atoms with van der Waals surface area (Å²) in [6, 6.07) is 0. The number of imide groups is 1. The average molecular weight is 201 g/mol. The van der Waals surface area contributed by atoms with E-state index in [1.165, 1.54) is 0 Å². The Bertz CT molecular complexity index is 259. The van der Waals surface area contributed by atoms with Gasteiger partial charge in [-0.05, 0) is 0 Å². The summed E-state index contributed by atoms with van der Waals surface area (Å²) in [5.41, 5.74) is 0. The Balaban J connectivity index is 2.41. The number of rotatable bonds is 4. The summed E-state index contributed by atoms with van der Waals surface area (Å²) in [5.74, 6) is -1.94. The largest absolute Gasteiger partial charge is 0.479 e. The lowest BCUT2D eigenvalue weighted by molar-refractivity contribution is -0.148. The zero-order valence-electron chi connectivity index (χ0n) is 7.47. The van der Waals surface area contributed by atoms with Crippen LogP contribution in [0.5, 0.6) is 0 Å². The lowest BCUT2D eigenvalue weighted by Gasteiger charge is -2.14. The normalized spacial score (nSPS) is 18.8. The van der Waals surface area contributed by atoms with Gasteiger partial charge in [0.25, 0.3) is 0 Å². The van der Waals surface area contributed by atoms with Gasteiger partial charge in [0, 0.05) is 25.8 Å². The lowest BCUT2D eigenvalue weighted by atomic mass is 10.2. The molecule has 0 aromatic carbocycles. The van der Waals surface area contributed by atoms with Crippen molar-refractivity contribution in [2.45, 2.75) is 25.4 Å². The van der Waals surface area contributed by atoms with Crippen molar-refractivity contribution < 1.29 is 24.6 Å². The number of aliphatic hydroxyl groups excluding tert-OH is 1. The summed E-state index contributed by atoms with van der Waals surface area (Å²) in [6.45, 7) is -0.0227. The topological polar surface area (TPSA) is 94.9 Å². The van der Waals surface area contributed by atoms with Gasteiger partial charge in [0.2, 0.25) is 11.8 Å². The Morgan fingerprint density at radius 2 is 1.86 bits per heavy atom. The monoisotopic (exact) mass is 201 g/mol. The van der Waals surface area contributed by atoms with Gasteiger partial charge in [0.15, 0.2) is 6.10 Å². The molecule has 1 atom stereocenters. The fourth-order valence-electron chi connectivity index (χ4n) is 1.25. The van der Waals surface area contributed by atoms with Crippen molar-refractivity contribution >= 4 is 17.8 Å². The SMILES string of the molecule is O=C(O)C(O)CCN1C(=O)CCC1=O.